The molecule has 0 saturated carbocycles. The minimum Gasteiger partial charge on any atom is -0.465 e. The molecular formula is C42H44N8O4. The number of carbonyl (C=O) groups excluding carboxylic acids is 2. The molecule has 0 radical (unpaired) electrons. The number of aromatic nitrogens is 5. The number of hydrogen-bond acceptors (Lipinski definition) is 7. The molecule has 0 bridgehead atoms. The van der Waals surface area contributed by atoms with Gasteiger partial charge in [-0.15, -0.1) is 0 Å². The molecule has 6 heterocycles. The first-order valence-corrected chi connectivity index (χ1v) is 18.9. The topological polar surface area (TPSA) is 142 Å². The van der Waals surface area contributed by atoms with Crippen molar-refractivity contribution in [1.82, 2.24) is 40.0 Å². The molecule has 3 aliphatic rings. The van der Waals surface area contributed by atoms with Crippen LogP contribution in [-0.4, -0.2) is 67.6 Å². The zero-order chi connectivity index (χ0) is 36.9. The molecule has 3 aromatic carbocycles. The number of H-pyrrole nitrogens is 2. The third-order valence-corrected chi connectivity index (χ3v) is 11.1. The van der Waals surface area contributed by atoms with Crippen LogP contribution < -0.4 is 15.4 Å². The van der Waals surface area contributed by atoms with Crippen LogP contribution in [0.2, 0.25) is 0 Å². The number of likely N-dealkylation sites (tertiary alicyclic amines) is 1. The zero-order valence-corrected chi connectivity index (χ0v) is 30.6. The molecule has 6 aromatic rings. The van der Waals surface area contributed by atoms with E-state index in [1.54, 1.807) is 0 Å². The summed E-state index contributed by atoms with van der Waals surface area (Å²) in [4.78, 5) is 44.1. The van der Waals surface area contributed by atoms with Crippen molar-refractivity contribution in [3.8, 4) is 39.5 Å². The minimum absolute atomic E-state index is 0.102. The SMILES string of the molecule is COC(=O)NC(C(=O)N1CCCC1c1ncc(-c2ccc3c(c2)cc2n3C(c3ccccc3)Oc3cc(-c4cnc(C5CCCN5)[nH]4)ccc3-2)[nH]1)C(C)C. The van der Waals surface area contributed by atoms with Gasteiger partial charge in [0.2, 0.25) is 12.1 Å². The van der Waals surface area contributed by atoms with Gasteiger partial charge in [-0.1, -0.05) is 56.3 Å². The van der Waals surface area contributed by atoms with E-state index in [0.717, 1.165) is 99.9 Å². The molecule has 276 valence electrons. The van der Waals surface area contributed by atoms with Gasteiger partial charge in [0.05, 0.1) is 54.2 Å². The van der Waals surface area contributed by atoms with E-state index in [2.05, 4.69) is 79.8 Å². The van der Waals surface area contributed by atoms with Gasteiger partial charge in [0.25, 0.3) is 0 Å². The summed E-state index contributed by atoms with van der Waals surface area (Å²) in [7, 11) is 1.30. The molecule has 2 saturated heterocycles. The summed E-state index contributed by atoms with van der Waals surface area (Å²) in [6.07, 6.45) is 6.67. The molecular weight excluding hydrogens is 681 g/mol. The lowest BCUT2D eigenvalue weighted by Crippen LogP contribution is -2.51. The second kappa shape index (κ2) is 13.8. The molecule has 54 heavy (non-hydrogen) atoms. The van der Waals surface area contributed by atoms with Crippen molar-refractivity contribution in [1.29, 1.82) is 0 Å². The molecule has 0 spiro atoms. The number of hydrogen-bond donors (Lipinski definition) is 4. The van der Waals surface area contributed by atoms with Crippen LogP contribution in [0.5, 0.6) is 5.75 Å². The number of ether oxygens (including phenoxy) is 2. The van der Waals surface area contributed by atoms with Crippen molar-refractivity contribution in [2.75, 3.05) is 20.2 Å². The highest BCUT2D eigenvalue weighted by Gasteiger charge is 2.38. The number of methoxy groups -OCH3 is 1. The number of rotatable bonds is 8. The van der Waals surface area contributed by atoms with Crippen LogP contribution in [0.15, 0.2) is 85.2 Å². The van der Waals surface area contributed by atoms with Crippen LogP contribution >= 0.6 is 0 Å². The lowest BCUT2D eigenvalue weighted by molar-refractivity contribution is -0.135. The Morgan fingerprint density at radius 2 is 1.67 bits per heavy atom. The second-order valence-electron chi connectivity index (χ2n) is 14.8. The van der Waals surface area contributed by atoms with Gasteiger partial charge in [0.1, 0.15) is 23.4 Å². The van der Waals surface area contributed by atoms with Crippen LogP contribution in [0.25, 0.3) is 44.7 Å². The van der Waals surface area contributed by atoms with Gasteiger partial charge in [-0.05, 0) is 68.5 Å². The standard InChI is InChI=1S/C42H44N8O4/c1-24(2)37(48-42(52)53-3)40(51)49-18-8-12-34(49)39-45-23-31(47-39)26-14-16-33-28(19-26)20-35-29-15-13-27(32-22-44-38(46-32)30-11-7-17-43-30)21-36(29)54-41(50(33)35)25-9-5-4-6-10-25/h4-6,9-10,13-16,19-24,30,34,37,41,43H,7-8,11-12,17-18H2,1-3H3,(H,44,46)(H,45,47)(H,48,52). The first-order chi connectivity index (χ1) is 26.4. The second-order valence-corrected chi connectivity index (χ2v) is 14.8. The van der Waals surface area contributed by atoms with E-state index < -0.39 is 12.1 Å². The third-order valence-electron chi connectivity index (χ3n) is 11.1. The average molecular weight is 725 g/mol. The summed E-state index contributed by atoms with van der Waals surface area (Å²) < 4.78 is 14.0. The third kappa shape index (κ3) is 6.00. The summed E-state index contributed by atoms with van der Waals surface area (Å²) in [5, 5.41) is 7.33. The molecule has 2 fully saturated rings. The monoisotopic (exact) mass is 724 g/mol. The van der Waals surface area contributed by atoms with E-state index in [0.29, 0.717) is 6.54 Å². The van der Waals surface area contributed by atoms with E-state index in [9.17, 15) is 9.59 Å². The van der Waals surface area contributed by atoms with E-state index in [4.69, 9.17) is 19.4 Å². The Morgan fingerprint density at radius 1 is 0.907 bits per heavy atom. The zero-order valence-electron chi connectivity index (χ0n) is 30.6. The quantitative estimate of drug-likeness (QED) is 0.127. The Hall–Kier alpha value is -5.88. The molecule has 4 unspecified atom stereocenters. The summed E-state index contributed by atoms with van der Waals surface area (Å²) in [6, 6.07) is 24.8. The van der Waals surface area contributed by atoms with E-state index in [-0.39, 0.29) is 30.1 Å². The number of nitrogens with one attached hydrogen (secondary N) is 4. The Bertz CT molecular complexity index is 2340. The summed E-state index contributed by atoms with van der Waals surface area (Å²) >= 11 is 0. The summed E-state index contributed by atoms with van der Waals surface area (Å²) in [5.41, 5.74) is 8.09. The molecule has 3 aliphatic heterocycles. The molecule has 4 N–H and O–H groups in total. The van der Waals surface area contributed by atoms with Crippen LogP contribution in [-0.2, 0) is 9.53 Å². The molecule has 12 nitrogen and oxygen atoms in total. The lowest BCUT2D eigenvalue weighted by Gasteiger charge is -2.30. The number of benzene rings is 3. The van der Waals surface area contributed by atoms with Crippen LogP contribution in [0, 0.1) is 5.92 Å². The van der Waals surface area contributed by atoms with Crippen molar-refractivity contribution in [3.05, 3.63) is 102 Å². The molecule has 3 aromatic heterocycles. The highest BCUT2D eigenvalue weighted by Crippen LogP contribution is 2.46. The fraction of sp³-hybridized carbons (Fsp3) is 0.333. The number of fused-ring (bicyclic) bond motifs is 5. The number of carbonyl (C=O) groups is 2. The van der Waals surface area contributed by atoms with Crippen LogP contribution in [0.1, 0.15) is 75.1 Å². The molecule has 9 rings (SSSR count). The summed E-state index contributed by atoms with van der Waals surface area (Å²) in [6.45, 7) is 5.45. The number of amides is 2. The fourth-order valence-electron chi connectivity index (χ4n) is 8.29. The van der Waals surface area contributed by atoms with Crippen molar-refractivity contribution in [2.45, 2.75) is 63.9 Å². The van der Waals surface area contributed by atoms with Gasteiger partial charge in [-0.3, -0.25) is 4.79 Å². The largest absolute Gasteiger partial charge is 0.465 e. The number of imidazole rings is 2. The minimum atomic E-state index is -0.686. The number of alkyl carbamates (subject to hydrolysis) is 1. The summed E-state index contributed by atoms with van der Waals surface area (Å²) in [5.74, 6) is 2.30. The molecule has 12 heteroatoms. The Morgan fingerprint density at radius 3 is 2.43 bits per heavy atom. The molecule has 0 aliphatic carbocycles. The highest BCUT2D eigenvalue weighted by atomic mass is 16.5. The van der Waals surface area contributed by atoms with E-state index >= 15 is 0 Å². The van der Waals surface area contributed by atoms with Gasteiger partial charge >= 0.3 is 6.09 Å². The molecule has 4 atom stereocenters. The van der Waals surface area contributed by atoms with Crippen LogP contribution in [0.4, 0.5) is 4.79 Å². The van der Waals surface area contributed by atoms with Crippen molar-refractivity contribution in [3.63, 3.8) is 0 Å². The fourth-order valence-corrected chi connectivity index (χ4v) is 8.29. The van der Waals surface area contributed by atoms with Gasteiger partial charge in [0, 0.05) is 34.2 Å². The van der Waals surface area contributed by atoms with E-state index in [1.165, 1.54) is 7.11 Å². The Kier molecular flexibility index (Phi) is 8.69. The number of nitrogens with zero attached hydrogens (tertiary/aromatic N) is 4. The van der Waals surface area contributed by atoms with Crippen molar-refractivity contribution in [2.24, 2.45) is 5.92 Å². The smallest absolute Gasteiger partial charge is 0.407 e. The maximum Gasteiger partial charge on any atom is 0.407 e. The number of aromatic amines is 2. The van der Waals surface area contributed by atoms with Gasteiger partial charge in [0.15, 0.2) is 0 Å². The van der Waals surface area contributed by atoms with E-state index in [1.807, 2.05) is 49.3 Å². The van der Waals surface area contributed by atoms with Gasteiger partial charge < -0.3 is 39.5 Å². The first kappa shape index (κ1) is 33.9. The predicted molar refractivity (Wildman–Crippen MR) is 206 cm³/mol. The average Bonchev–Trinajstić information content (AvgIpc) is 4.04. The van der Waals surface area contributed by atoms with Gasteiger partial charge in [-0.25, -0.2) is 14.8 Å². The van der Waals surface area contributed by atoms with Gasteiger partial charge in [-0.2, -0.15) is 0 Å². The Balaban J connectivity index is 1.04. The highest BCUT2D eigenvalue weighted by molar-refractivity contribution is 5.92. The van der Waals surface area contributed by atoms with Crippen LogP contribution in [0.3, 0.4) is 0 Å². The van der Waals surface area contributed by atoms with Crippen molar-refractivity contribution >= 4 is 22.9 Å². The predicted octanol–water partition coefficient (Wildman–Crippen LogP) is 7.50. The Labute approximate surface area is 313 Å². The van der Waals surface area contributed by atoms with Crippen molar-refractivity contribution < 1.29 is 19.1 Å². The maximum atomic E-state index is 13.7. The first-order valence-electron chi connectivity index (χ1n) is 18.9. The molecule has 2 amide bonds. The lowest BCUT2D eigenvalue weighted by atomic mass is 10.0. The maximum absolute atomic E-state index is 13.7. The normalized spacial score (nSPS) is 19.8.